The number of alkyl halides is 1. The third kappa shape index (κ3) is 2.85. The lowest BCUT2D eigenvalue weighted by Gasteiger charge is -2.35. The van der Waals surface area contributed by atoms with E-state index in [9.17, 15) is 4.79 Å². The van der Waals surface area contributed by atoms with Gasteiger partial charge in [0.25, 0.3) is 0 Å². The number of hydrogen-bond donors (Lipinski definition) is 0. The van der Waals surface area contributed by atoms with E-state index in [1.165, 1.54) is 0 Å². The van der Waals surface area contributed by atoms with E-state index in [1.807, 2.05) is 13.8 Å². The quantitative estimate of drug-likeness (QED) is 0.603. The smallest absolute Gasteiger partial charge is 0.240 e. The van der Waals surface area contributed by atoms with E-state index < -0.39 is 5.38 Å². The van der Waals surface area contributed by atoms with Gasteiger partial charge in [0.1, 0.15) is 5.38 Å². The van der Waals surface area contributed by atoms with Crippen molar-refractivity contribution in [3.63, 3.8) is 0 Å². The summed E-state index contributed by atoms with van der Waals surface area (Å²) in [7, 11) is 0. The molecule has 0 radical (unpaired) electrons. The Morgan fingerprint density at radius 2 is 1.92 bits per heavy atom. The van der Waals surface area contributed by atoms with Gasteiger partial charge in [-0.25, -0.2) is 0 Å². The third-order valence-corrected chi connectivity index (χ3v) is 2.26. The van der Waals surface area contributed by atoms with Gasteiger partial charge in [-0.1, -0.05) is 0 Å². The van der Waals surface area contributed by atoms with Crippen molar-refractivity contribution in [2.75, 3.05) is 13.1 Å². The molecular weight excluding hydrogens is 190 g/mol. The molecule has 1 amide bonds. The monoisotopic (exact) mass is 205 g/mol. The van der Waals surface area contributed by atoms with Crippen LogP contribution in [0.1, 0.15) is 20.8 Å². The van der Waals surface area contributed by atoms with Crippen LogP contribution in [0.3, 0.4) is 0 Å². The molecular formula is C9H16ClNO2. The number of hydrogen-bond acceptors (Lipinski definition) is 2. The molecule has 1 aliphatic heterocycles. The molecule has 4 heteroatoms. The zero-order chi connectivity index (χ0) is 10.0. The van der Waals surface area contributed by atoms with Crippen molar-refractivity contribution >= 4 is 17.5 Å². The van der Waals surface area contributed by atoms with E-state index in [0.29, 0.717) is 13.1 Å². The van der Waals surface area contributed by atoms with E-state index in [1.54, 1.807) is 11.8 Å². The molecule has 0 aromatic rings. The highest BCUT2D eigenvalue weighted by Crippen LogP contribution is 2.13. The standard InChI is InChI=1S/C9H16ClNO2/c1-6-4-11(5-7(2)13-6)9(12)8(3)10/h6-8H,4-5H2,1-3H3/t6-,7+,8?. The van der Waals surface area contributed by atoms with Crippen LogP contribution >= 0.6 is 11.6 Å². The Hall–Kier alpha value is -0.280. The second kappa shape index (κ2) is 4.29. The number of rotatable bonds is 1. The number of carbonyl (C=O) groups is 1. The molecule has 0 saturated carbocycles. The maximum Gasteiger partial charge on any atom is 0.240 e. The number of nitrogens with zero attached hydrogens (tertiary/aromatic N) is 1. The molecule has 0 aromatic heterocycles. The predicted octanol–water partition coefficient (Wildman–Crippen LogP) is 1.25. The van der Waals surface area contributed by atoms with Crippen LogP contribution in [0, 0.1) is 0 Å². The minimum atomic E-state index is -0.433. The molecule has 1 unspecified atom stereocenters. The fourth-order valence-electron chi connectivity index (χ4n) is 1.61. The van der Waals surface area contributed by atoms with Crippen LogP contribution in [-0.4, -0.2) is 41.5 Å². The van der Waals surface area contributed by atoms with Crippen molar-refractivity contribution in [2.24, 2.45) is 0 Å². The first kappa shape index (κ1) is 10.8. The van der Waals surface area contributed by atoms with Crippen molar-refractivity contribution in [1.29, 1.82) is 0 Å². The van der Waals surface area contributed by atoms with Gasteiger partial charge in [-0.05, 0) is 20.8 Å². The second-order valence-electron chi connectivity index (χ2n) is 3.62. The van der Waals surface area contributed by atoms with Gasteiger partial charge < -0.3 is 9.64 Å². The van der Waals surface area contributed by atoms with E-state index in [4.69, 9.17) is 16.3 Å². The summed E-state index contributed by atoms with van der Waals surface area (Å²) in [4.78, 5) is 13.3. The third-order valence-electron chi connectivity index (χ3n) is 2.07. The summed E-state index contributed by atoms with van der Waals surface area (Å²) in [5, 5.41) is -0.433. The summed E-state index contributed by atoms with van der Waals surface area (Å²) in [6.07, 6.45) is 0.228. The highest BCUT2D eigenvalue weighted by atomic mass is 35.5. The lowest BCUT2D eigenvalue weighted by Crippen LogP contribution is -2.50. The SMILES string of the molecule is CC(Cl)C(=O)N1C[C@@H](C)O[C@@H](C)C1. The van der Waals surface area contributed by atoms with Gasteiger partial charge in [0, 0.05) is 13.1 Å². The van der Waals surface area contributed by atoms with Crippen LogP contribution in [-0.2, 0) is 9.53 Å². The van der Waals surface area contributed by atoms with Crippen molar-refractivity contribution in [3.05, 3.63) is 0 Å². The second-order valence-corrected chi connectivity index (χ2v) is 4.27. The number of ether oxygens (including phenoxy) is 1. The molecule has 3 atom stereocenters. The minimum absolute atomic E-state index is 0.00340. The fraction of sp³-hybridized carbons (Fsp3) is 0.889. The van der Waals surface area contributed by atoms with Gasteiger partial charge in [0.05, 0.1) is 12.2 Å². The summed E-state index contributed by atoms with van der Waals surface area (Å²) in [5.74, 6) is 0.00340. The van der Waals surface area contributed by atoms with Gasteiger partial charge in [0.15, 0.2) is 0 Å². The Labute approximate surface area is 84.0 Å². The Balaban J connectivity index is 2.55. The fourth-order valence-corrected chi connectivity index (χ4v) is 1.75. The van der Waals surface area contributed by atoms with Gasteiger partial charge in [-0.3, -0.25) is 4.79 Å². The first-order valence-electron chi connectivity index (χ1n) is 4.59. The van der Waals surface area contributed by atoms with Gasteiger partial charge in [0.2, 0.25) is 5.91 Å². The maximum atomic E-state index is 11.5. The van der Waals surface area contributed by atoms with Crippen LogP contribution in [0.5, 0.6) is 0 Å². The van der Waals surface area contributed by atoms with E-state index in [2.05, 4.69) is 0 Å². The zero-order valence-electron chi connectivity index (χ0n) is 8.29. The van der Waals surface area contributed by atoms with E-state index >= 15 is 0 Å². The van der Waals surface area contributed by atoms with Crippen LogP contribution in [0.15, 0.2) is 0 Å². The number of morpholine rings is 1. The van der Waals surface area contributed by atoms with Gasteiger partial charge in [-0.15, -0.1) is 11.6 Å². The molecule has 13 heavy (non-hydrogen) atoms. The van der Waals surface area contributed by atoms with Gasteiger partial charge in [-0.2, -0.15) is 0 Å². The van der Waals surface area contributed by atoms with Gasteiger partial charge >= 0.3 is 0 Å². The molecule has 0 bridgehead atoms. The topological polar surface area (TPSA) is 29.5 Å². The summed E-state index contributed by atoms with van der Waals surface area (Å²) >= 11 is 5.72. The summed E-state index contributed by atoms with van der Waals surface area (Å²) in [6.45, 7) is 6.94. The largest absolute Gasteiger partial charge is 0.372 e. The molecule has 0 spiro atoms. The van der Waals surface area contributed by atoms with Crippen LogP contribution in [0.4, 0.5) is 0 Å². The molecule has 1 fully saturated rings. The average Bonchev–Trinajstić information content (AvgIpc) is 2.01. The highest BCUT2D eigenvalue weighted by Gasteiger charge is 2.27. The summed E-state index contributed by atoms with van der Waals surface area (Å²) in [6, 6.07) is 0. The van der Waals surface area contributed by atoms with Crippen molar-refractivity contribution < 1.29 is 9.53 Å². The van der Waals surface area contributed by atoms with Crippen molar-refractivity contribution in [3.8, 4) is 0 Å². The maximum absolute atomic E-state index is 11.5. The Bertz CT molecular complexity index is 186. The Kier molecular flexibility index (Phi) is 3.56. The number of halogens is 1. The van der Waals surface area contributed by atoms with Crippen LogP contribution in [0.25, 0.3) is 0 Å². The van der Waals surface area contributed by atoms with E-state index in [-0.39, 0.29) is 18.1 Å². The lowest BCUT2D eigenvalue weighted by atomic mass is 10.2. The Morgan fingerprint density at radius 1 is 1.46 bits per heavy atom. The summed E-state index contributed by atoms with van der Waals surface area (Å²) in [5.41, 5.74) is 0. The Morgan fingerprint density at radius 3 is 2.31 bits per heavy atom. The molecule has 0 aromatic carbocycles. The predicted molar refractivity (Wildman–Crippen MR) is 51.9 cm³/mol. The van der Waals surface area contributed by atoms with Crippen LogP contribution < -0.4 is 0 Å². The van der Waals surface area contributed by atoms with E-state index in [0.717, 1.165) is 0 Å². The molecule has 0 aliphatic carbocycles. The molecule has 1 aliphatic rings. The number of carbonyl (C=O) groups excluding carboxylic acids is 1. The molecule has 1 heterocycles. The summed E-state index contributed by atoms with van der Waals surface area (Å²) < 4.78 is 5.51. The van der Waals surface area contributed by atoms with Crippen LogP contribution in [0.2, 0.25) is 0 Å². The molecule has 3 nitrogen and oxygen atoms in total. The molecule has 0 N–H and O–H groups in total. The van der Waals surface area contributed by atoms with Crippen molar-refractivity contribution in [2.45, 2.75) is 38.4 Å². The first-order valence-corrected chi connectivity index (χ1v) is 5.02. The minimum Gasteiger partial charge on any atom is -0.372 e. The number of amides is 1. The highest BCUT2D eigenvalue weighted by molar-refractivity contribution is 6.30. The first-order chi connectivity index (χ1) is 6.00. The average molecular weight is 206 g/mol. The zero-order valence-corrected chi connectivity index (χ0v) is 9.04. The normalized spacial score (nSPS) is 31.5. The molecule has 1 saturated heterocycles. The molecule has 76 valence electrons. The van der Waals surface area contributed by atoms with Crippen molar-refractivity contribution in [1.82, 2.24) is 4.90 Å². The lowest BCUT2D eigenvalue weighted by molar-refractivity contribution is -0.142. The molecule has 1 rings (SSSR count).